The maximum atomic E-state index is 11.7. The Balaban J connectivity index is 1.88. The predicted octanol–water partition coefficient (Wildman–Crippen LogP) is 5.66. The fraction of sp³-hybridized carbons (Fsp3) is 0.286. The Morgan fingerprint density at radius 3 is 2.33 bits per heavy atom. The second-order valence-corrected chi connectivity index (χ2v) is 6.84. The average Bonchev–Trinajstić information content (AvgIpc) is 2.67. The largest absolute Gasteiger partial charge is 0.463 e. The van der Waals surface area contributed by atoms with Gasteiger partial charge in [-0.1, -0.05) is 59.6 Å². The molecule has 0 radical (unpaired) electrons. The van der Waals surface area contributed by atoms with Crippen LogP contribution in [0, 0.1) is 0 Å². The summed E-state index contributed by atoms with van der Waals surface area (Å²) in [5.74, 6) is -0.406. The van der Waals surface area contributed by atoms with Crippen LogP contribution in [0.2, 0.25) is 10.0 Å². The molecule has 142 valence electrons. The highest BCUT2D eigenvalue weighted by Crippen LogP contribution is 2.41. The van der Waals surface area contributed by atoms with E-state index in [0.29, 0.717) is 23.1 Å². The van der Waals surface area contributed by atoms with Crippen LogP contribution in [0.3, 0.4) is 0 Å². The van der Waals surface area contributed by atoms with Gasteiger partial charge in [-0.05, 0) is 30.7 Å². The molecular formula is C21H20Cl2O4. The van der Waals surface area contributed by atoms with E-state index in [2.05, 4.69) is 0 Å². The van der Waals surface area contributed by atoms with Crippen LogP contribution in [0.1, 0.15) is 36.9 Å². The lowest BCUT2D eigenvalue weighted by atomic mass is 10.0. The molecule has 2 aromatic rings. The molecule has 0 bridgehead atoms. The molecule has 1 aliphatic heterocycles. The zero-order valence-electron chi connectivity index (χ0n) is 14.8. The lowest BCUT2D eigenvalue weighted by Gasteiger charge is -2.35. The summed E-state index contributed by atoms with van der Waals surface area (Å²) in [4.78, 5) is 11.7. The first kappa shape index (κ1) is 19.9. The fourth-order valence-corrected chi connectivity index (χ4v) is 3.39. The minimum Gasteiger partial charge on any atom is -0.463 e. The number of carbonyl (C=O) groups is 1. The average molecular weight is 407 g/mol. The Morgan fingerprint density at radius 1 is 1.07 bits per heavy atom. The molecule has 3 rings (SSSR count). The topological polar surface area (TPSA) is 44.8 Å². The van der Waals surface area contributed by atoms with Crippen LogP contribution >= 0.6 is 23.2 Å². The molecule has 1 fully saturated rings. The Labute approximate surface area is 168 Å². The molecule has 0 saturated carbocycles. The van der Waals surface area contributed by atoms with Gasteiger partial charge in [0.15, 0.2) is 6.29 Å². The summed E-state index contributed by atoms with van der Waals surface area (Å²) in [5.41, 5.74) is 1.60. The number of rotatable bonds is 5. The summed E-state index contributed by atoms with van der Waals surface area (Å²) in [5, 5.41) is 1.17. The predicted molar refractivity (Wildman–Crippen MR) is 105 cm³/mol. The molecule has 3 atom stereocenters. The van der Waals surface area contributed by atoms with E-state index in [9.17, 15) is 4.79 Å². The number of carbonyl (C=O) groups excluding carboxylic acids is 1. The van der Waals surface area contributed by atoms with Crippen molar-refractivity contribution in [3.8, 4) is 0 Å². The number of halogens is 2. The van der Waals surface area contributed by atoms with Crippen LogP contribution in [-0.4, -0.2) is 18.7 Å². The highest BCUT2D eigenvalue weighted by Gasteiger charge is 2.32. The van der Waals surface area contributed by atoms with Crippen molar-refractivity contribution in [1.29, 1.82) is 0 Å². The van der Waals surface area contributed by atoms with Crippen LogP contribution in [-0.2, 0) is 19.0 Å². The van der Waals surface area contributed by atoms with E-state index in [1.54, 1.807) is 19.1 Å². The first-order chi connectivity index (χ1) is 13.1. The molecule has 0 amide bonds. The summed E-state index contributed by atoms with van der Waals surface area (Å²) in [6.07, 6.45) is 2.25. The summed E-state index contributed by atoms with van der Waals surface area (Å²) in [6.45, 7) is 2.08. The zero-order valence-corrected chi connectivity index (χ0v) is 16.3. The molecule has 1 saturated heterocycles. The fourth-order valence-electron chi connectivity index (χ4n) is 2.91. The van der Waals surface area contributed by atoms with Gasteiger partial charge in [0.05, 0.1) is 18.8 Å². The molecule has 0 spiro atoms. The zero-order chi connectivity index (χ0) is 19.2. The van der Waals surface area contributed by atoms with Gasteiger partial charge in [0, 0.05) is 28.1 Å². The normalized spacial score (nSPS) is 22.7. The second-order valence-electron chi connectivity index (χ2n) is 6.02. The molecule has 4 nitrogen and oxygen atoms in total. The molecule has 6 heteroatoms. The van der Waals surface area contributed by atoms with Crippen LogP contribution in [0.4, 0.5) is 0 Å². The van der Waals surface area contributed by atoms with Gasteiger partial charge in [0.1, 0.15) is 0 Å². The Bertz CT molecular complexity index is 768. The van der Waals surface area contributed by atoms with E-state index < -0.39 is 12.3 Å². The van der Waals surface area contributed by atoms with Crippen molar-refractivity contribution < 1.29 is 19.0 Å². The third kappa shape index (κ3) is 5.11. The van der Waals surface area contributed by atoms with Crippen LogP contribution in [0.15, 0.2) is 60.7 Å². The van der Waals surface area contributed by atoms with Crippen LogP contribution in [0.25, 0.3) is 0 Å². The lowest BCUT2D eigenvalue weighted by molar-refractivity contribution is -0.239. The summed E-state index contributed by atoms with van der Waals surface area (Å²) in [7, 11) is 0. The van der Waals surface area contributed by atoms with Crippen LogP contribution < -0.4 is 0 Å². The number of hydrogen-bond donors (Lipinski definition) is 0. The molecule has 1 heterocycles. The van der Waals surface area contributed by atoms with Crippen molar-refractivity contribution in [2.75, 3.05) is 6.61 Å². The van der Waals surface area contributed by atoms with Gasteiger partial charge in [0.25, 0.3) is 0 Å². The smallest absolute Gasteiger partial charge is 0.330 e. The highest BCUT2D eigenvalue weighted by molar-refractivity contribution is 6.31. The van der Waals surface area contributed by atoms with Crippen molar-refractivity contribution in [3.63, 3.8) is 0 Å². The van der Waals surface area contributed by atoms with Crippen molar-refractivity contribution in [2.45, 2.75) is 31.8 Å². The van der Waals surface area contributed by atoms with Gasteiger partial charge >= 0.3 is 5.97 Å². The molecule has 0 aromatic heterocycles. The first-order valence-electron chi connectivity index (χ1n) is 8.73. The minimum atomic E-state index is -0.675. The van der Waals surface area contributed by atoms with Gasteiger partial charge in [-0.25, -0.2) is 4.79 Å². The van der Waals surface area contributed by atoms with Crippen molar-refractivity contribution >= 4 is 29.2 Å². The molecule has 1 aliphatic rings. The summed E-state index contributed by atoms with van der Waals surface area (Å²) >= 11 is 12.7. The van der Waals surface area contributed by atoms with Gasteiger partial charge in [-0.2, -0.15) is 0 Å². The van der Waals surface area contributed by atoms with Crippen molar-refractivity contribution in [3.05, 3.63) is 81.9 Å². The van der Waals surface area contributed by atoms with E-state index in [4.69, 9.17) is 37.4 Å². The molecule has 0 N–H and O–H groups in total. The monoisotopic (exact) mass is 406 g/mol. The number of benzene rings is 2. The van der Waals surface area contributed by atoms with E-state index >= 15 is 0 Å². The summed E-state index contributed by atoms with van der Waals surface area (Å²) in [6, 6.07) is 14.9. The van der Waals surface area contributed by atoms with E-state index in [1.165, 1.54) is 6.08 Å². The summed E-state index contributed by atoms with van der Waals surface area (Å²) < 4.78 is 17.1. The van der Waals surface area contributed by atoms with Crippen molar-refractivity contribution in [2.24, 2.45) is 0 Å². The standard InChI is InChI=1S/C21H20Cl2O4/c1-2-25-20(24)12-11-14-13-19(15-7-3-5-9-17(15)22)27-21(26-14)16-8-4-6-10-18(16)23/h3-12,14,19,21H,2,13H2,1H3/b12-11+/t14-,19-,21-/m0/s1. The number of hydrogen-bond acceptors (Lipinski definition) is 4. The maximum Gasteiger partial charge on any atom is 0.330 e. The van der Waals surface area contributed by atoms with Gasteiger partial charge in [-0.3, -0.25) is 0 Å². The highest BCUT2D eigenvalue weighted by atomic mass is 35.5. The Morgan fingerprint density at radius 2 is 1.70 bits per heavy atom. The molecule has 27 heavy (non-hydrogen) atoms. The van der Waals surface area contributed by atoms with Gasteiger partial charge in [-0.15, -0.1) is 0 Å². The third-order valence-electron chi connectivity index (χ3n) is 4.18. The number of ether oxygens (including phenoxy) is 3. The molecular weight excluding hydrogens is 387 g/mol. The van der Waals surface area contributed by atoms with Gasteiger partial charge in [0.2, 0.25) is 0 Å². The van der Waals surface area contributed by atoms with Gasteiger partial charge < -0.3 is 14.2 Å². The van der Waals surface area contributed by atoms with Crippen LogP contribution in [0.5, 0.6) is 0 Å². The van der Waals surface area contributed by atoms with E-state index in [-0.39, 0.29) is 12.2 Å². The SMILES string of the molecule is CCOC(=O)/C=C/[C@H]1C[C@@H](c2ccccc2Cl)O[C@@H](c2ccccc2Cl)O1. The van der Waals surface area contributed by atoms with E-state index in [1.807, 2.05) is 42.5 Å². The molecule has 0 unspecified atom stereocenters. The van der Waals surface area contributed by atoms with E-state index in [0.717, 1.165) is 11.1 Å². The Hall–Kier alpha value is -1.85. The third-order valence-corrected chi connectivity index (χ3v) is 4.87. The maximum absolute atomic E-state index is 11.7. The quantitative estimate of drug-likeness (QED) is 0.474. The number of esters is 1. The minimum absolute atomic E-state index is 0.300. The Kier molecular flexibility index (Phi) is 6.91. The molecule has 0 aliphatic carbocycles. The first-order valence-corrected chi connectivity index (χ1v) is 9.48. The second kappa shape index (κ2) is 9.38. The lowest BCUT2D eigenvalue weighted by Crippen LogP contribution is -2.28. The van der Waals surface area contributed by atoms with Crippen molar-refractivity contribution in [1.82, 2.24) is 0 Å². The molecule has 2 aromatic carbocycles.